The Hall–Kier alpha value is -0.610. The van der Waals surface area contributed by atoms with Crippen LogP contribution in [-0.2, 0) is 17.5 Å². The third-order valence-electron chi connectivity index (χ3n) is 1.51. The molecule has 0 bridgehead atoms. The Kier molecular flexibility index (Phi) is 3.27. The van der Waals surface area contributed by atoms with Crippen molar-refractivity contribution < 1.29 is 8.63 Å². The maximum atomic E-state index is 11.5. The van der Waals surface area contributed by atoms with Crippen LogP contribution < -0.4 is 4.72 Å². The van der Waals surface area contributed by atoms with Gasteiger partial charge in [-0.3, -0.25) is 0 Å². The van der Waals surface area contributed by atoms with Gasteiger partial charge in [0.1, 0.15) is 5.76 Å². The van der Waals surface area contributed by atoms with Gasteiger partial charge in [-0.2, -0.15) is 0 Å². The Morgan fingerprint density at radius 3 is 2.69 bits per heavy atom. The number of hydrogen-bond acceptors (Lipinski definition) is 2. The van der Waals surface area contributed by atoms with E-state index in [1.54, 1.807) is 6.26 Å². The smallest absolute Gasteiger partial charge is 0.118 e. The van der Waals surface area contributed by atoms with Crippen molar-refractivity contribution in [1.82, 2.24) is 4.72 Å². The summed E-state index contributed by atoms with van der Waals surface area (Å²) in [5.41, 5.74) is 0. The van der Waals surface area contributed by atoms with Crippen LogP contribution in [0.25, 0.3) is 0 Å². The van der Waals surface area contributed by atoms with Crippen molar-refractivity contribution in [3.63, 3.8) is 0 Å². The number of nitrogens with one attached hydrogen (secondary N) is 1. The predicted molar refractivity (Wildman–Crippen MR) is 53.4 cm³/mol. The van der Waals surface area contributed by atoms with E-state index in [0.29, 0.717) is 6.54 Å². The first-order valence-corrected chi connectivity index (χ1v) is 5.33. The molecule has 1 unspecified atom stereocenters. The highest BCUT2D eigenvalue weighted by Gasteiger charge is 2.18. The summed E-state index contributed by atoms with van der Waals surface area (Å²) in [6.07, 6.45) is 1.61. The Morgan fingerprint density at radius 1 is 1.54 bits per heavy atom. The SMILES string of the molecule is CC(C)(C)S(=O)NCc1ccco1. The van der Waals surface area contributed by atoms with E-state index < -0.39 is 11.0 Å². The van der Waals surface area contributed by atoms with Gasteiger partial charge in [-0.05, 0) is 32.9 Å². The summed E-state index contributed by atoms with van der Waals surface area (Å²) in [5.74, 6) is 0.803. The molecule has 0 aliphatic heterocycles. The summed E-state index contributed by atoms with van der Waals surface area (Å²) in [7, 11) is -1.03. The molecule has 74 valence electrons. The summed E-state index contributed by atoms with van der Waals surface area (Å²) in [6, 6.07) is 3.67. The lowest BCUT2D eigenvalue weighted by atomic mass is 10.3. The average molecular weight is 201 g/mol. The van der Waals surface area contributed by atoms with E-state index in [-0.39, 0.29) is 4.75 Å². The maximum absolute atomic E-state index is 11.5. The molecule has 0 aromatic carbocycles. The molecule has 1 heterocycles. The van der Waals surface area contributed by atoms with Crippen molar-refractivity contribution in [2.45, 2.75) is 32.1 Å². The van der Waals surface area contributed by atoms with Crippen molar-refractivity contribution >= 4 is 11.0 Å². The number of rotatable bonds is 3. The highest BCUT2D eigenvalue weighted by molar-refractivity contribution is 7.84. The molecule has 1 atom stereocenters. The van der Waals surface area contributed by atoms with Crippen LogP contribution in [0.15, 0.2) is 22.8 Å². The van der Waals surface area contributed by atoms with E-state index in [0.717, 1.165) is 5.76 Å². The lowest BCUT2D eigenvalue weighted by Gasteiger charge is -2.17. The molecule has 0 saturated carbocycles. The standard InChI is InChI=1S/C9H15NO2S/c1-9(2,3)13(11)10-7-8-5-4-6-12-8/h4-6,10H,7H2,1-3H3. The monoisotopic (exact) mass is 201 g/mol. The molecule has 3 nitrogen and oxygen atoms in total. The van der Waals surface area contributed by atoms with Crippen molar-refractivity contribution in [2.24, 2.45) is 0 Å². The van der Waals surface area contributed by atoms with Crippen LogP contribution >= 0.6 is 0 Å². The fourth-order valence-electron chi connectivity index (χ4n) is 0.766. The van der Waals surface area contributed by atoms with Crippen molar-refractivity contribution in [3.05, 3.63) is 24.2 Å². The molecule has 0 radical (unpaired) electrons. The first kappa shape index (κ1) is 10.5. The van der Waals surface area contributed by atoms with Crippen molar-refractivity contribution in [1.29, 1.82) is 0 Å². The third kappa shape index (κ3) is 3.32. The quantitative estimate of drug-likeness (QED) is 0.810. The van der Waals surface area contributed by atoms with Crippen LogP contribution in [0.2, 0.25) is 0 Å². The largest absolute Gasteiger partial charge is 0.468 e. The maximum Gasteiger partial charge on any atom is 0.118 e. The predicted octanol–water partition coefficient (Wildman–Crippen LogP) is 1.83. The van der Waals surface area contributed by atoms with Gasteiger partial charge in [0.05, 0.1) is 28.5 Å². The first-order valence-electron chi connectivity index (χ1n) is 4.18. The van der Waals surface area contributed by atoms with E-state index in [1.165, 1.54) is 0 Å². The molecule has 1 N–H and O–H groups in total. The molecule has 13 heavy (non-hydrogen) atoms. The summed E-state index contributed by atoms with van der Waals surface area (Å²) in [5, 5.41) is 0. The molecular weight excluding hydrogens is 186 g/mol. The van der Waals surface area contributed by atoms with Crippen LogP contribution in [0.3, 0.4) is 0 Å². The van der Waals surface area contributed by atoms with Crippen LogP contribution in [0.4, 0.5) is 0 Å². The highest BCUT2D eigenvalue weighted by atomic mass is 32.2. The van der Waals surface area contributed by atoms with Crippen LogP contribution in [0, 0.1) is 0 Å². The van der Waals surface area contributed by atoms with E-state index in [9.17, 15) is 4.21 Å². The fraction of sp³-hybridized carbons (Fsp3) is 0.556. The van der Waals surface area contributed by atoms with Gasteiger partial charge < -0.3 is 4.42 Å². The van der Waals surface area contributed by atoms with Gasteiger partial charge in [-0.15, -0.1) is 0 Å². The van der Waals surface area contributed by atoms with E-state index >= 15 is 0 Å². The van der Waals surface area contributed by atoms with Gasteiger partial charge in [-0.1, -0.05) is 0 Å². The third-order valence-corrected chi connectivity index (χ3v) is 3.03. The van der Waals surface area contributed by atoms with Gasteiger partial charge in [0.25, 0.3) is 0 Å². The van der Waals surface area contributed by atoms with Crippen LogP contribution in [0.5, 0.6) is 0 Å². The van der Waals surface area contributed by atoms with Crippen LogP contribution in [-0.4, -0.2) is 8.96 Å². The molecule has 0 saturated heterocycles. The molecule has 4 heteroatoms. The Bertz CT molecular complexity index is 274. The lowest BCUT2D eigenvalue weighted by molar-refractivity contribution is 0.503. The molecule has 0 aliphatic rings. The molecular formula is C9H15NO2S. The summed E-state index contributed by atoms with van der Waals surface area (Å²) in [4.78, 5) is 0. The Labute approximate surface area is 81.1 Å². The molecule has 1 aromatic heterocycles. The highest BCUT2D eigenvalue weighted by Crippen LogP contribution is 2.09. The van der Waals surface area contributed by atoms with Gasteiger partial charge in [0.15, 0.2) is 0 Å². The van der Waals surface area contributed by atoms with Gasteiger partial charge in [0.2, 0.25) is 0 Å². The number of furan rings is 1. The molecule has 0 spiro atoms. The second kappa shape index (κ2) is 4.07. The zero-order valence-corrected chi connectivity index (χ0v) is 8.98. The van der Waals surface area contributed by atoms with Crippen molar-refractivity contribution in [3.8, 4) is 0 Å². The zero-order chi connectivity index (χ0) is 9.90. The van der Waals surface area contributed by atoms with Crippen LogP contribution in [0.1, 0.15) is 26.5 Å². The Morgan fingerprint density at radius 2 is 2.23 bits per heavy atom. The minimum Gasteiger partial charge on any atom is -0.468 e. The average Bonchev–Trinajstić information content (AvgIpc) is 2.50. The zero-order valence-electron chi connectivity index (χ0n) is 8.16. The molecule has 1 rings (SSSR count). The minimum atomic E-state index is -1.03. The first-order chi connectivity index (χ1) is 6.00. The van der Waals surface area contributed by atoms with E-state index in [1.807, 2.05) is 32.9 Å². The fourth-order valence-corrected chi connectivity index (χ4v) is 1.47. The summed E-state index contributed by atoms with van der Waals surface area (Å²) < 4.78 is 19.3. The molecule has 0 amide bonds. The van der Waals surface area contributed by atoms with Gasteiger partial charge >= 0.3 is 0 Å². The second-order valence-electron chi connectivity index (χ2n) is 3.78. The minimum absolute atomic E-state index is 0.230. The van der Waals surface area contributed by atoms with Crippen molar-refractivity contribution in [2.75, 3.05) is 0 Å². The second-order valence-corrected chi connectivity index (χ2v) is 5.83. The van der Waals surface area contributed by atoms with Gasteiger partial charge in [0, 0.05) is 0 Å². The Balaban J connectivity index is 2.40. The topological polar surface area (TPSA) is 42.2 Å². The lowest BCUT2D eigenvalue weighted by Crippen LogP contribution is -2.32. The summed E-state index contributed by atoms with van der Waals surface area (Å²) >= 11 is 0. The molecule has 0 fully saturated rings. The molecule has 0 aliphatic carbocycles. The normalized spacial score (nSPS) is 14.4. The van der Waals surface area contributed by atoms with E-state index in [4.69, 9.17) is 4.42 Å². The summed E-state index contributed by atoms with van der Waals surface area (Å²) in [6.45, 7) is 6.30. The number of hydrogen-bond donors (Lipinski definition) is 1. The van der Waals surface area contributed by atoms with E-state index in [2.05, 4.69) is 4.72 Å². The molecule has 1 aromatic rings. The van der Waals surface area contributed by atoms with Gasteiger partial charge in [-0.25, -0.2) is 8.93 Å².